The van der Waals surface area contributed by atoms with Crippen molar-refractivity contribution < 1.29 is 24.0 Å². The molecule has 0 aliphatic carbocycles. The van der Waals surface area contributed by atoms with Gasteiger partial charge in [0.2, 0.25) is 11.8 Å². The number of anilines is 2. The highest BCUT2D eigenvalue weighted by atomic mass is 16.2. The number of carbonyl (C=O) groups is 5. The minimum Gasteiger partial charge on any atom is -0.322 e. The van der Waals surface area contributed by atoms with Crippen LogP contribution < -0.4 is 20.9 Å². The molecule has 2 aromatic rings. The van der Waals surface area contributed by atoms with Crippen molar-refractivity contribution in [1.29, 1.82) is 0 Å². The second kappa shape index (κ2) is 7.11. The van der Waals surface area contributed by atoms with E-state index in [1.165, 1.54) is 12.1 Å². The van der Waals surface area contributed by atoms with Gasteiger partial charge in [-0.15, -0.1) is 0 Å². The maximum atomic E-state index is 12.6. The zero-order valence-electron chi connectivity index (χ0n) is 16.0. The van der Waals surface area contributed by atoms with Gasteiger partial charge in [-0.1, -0.05) is 12.1 Å². The Kier molecular flexibility index (Phi) is 4.57. The molecule has 4 rings (SSSR count). The Hall–Kier alpha value is -4.01. The topological polar surface area (TPSA) is 125 Å². The second-order valence-corrected chi connectivity index (χ2v) is 7.24. The van der Waals surface area contributed by atoms with Gasteiger partial charge in [0.1, 0.15) is 5.54 Å². The fourth-order valence-corrected chi connectivity index (χ4v) is 3.48. The quantitative estimate of drug-likeness (QED) is 0.526. The van der Waals surface area contributed by atoms with E-state index in [0.717, 1.165) is 4.90 Å². The average molecular weight is 406 g/mol. The summed E-state index contributed by atoms with van der Waals surface area (Å²) in [5.74, 6) is -1.39. The Balaban J connectivity index is 1.51. The highest BCUT2D eigenvalue weighted by Crippen LogP contribution is 2.27. The largest absolute Gasteiger partial charge is 0.322 e. The number of carbonyl (C=O) groups excluding carboxylic acids is 5. The molecule has 0 spiro atoms. The Morgan fingerprint density at radius 2 is 1.67 bits per heavy atom. The van der Waals surface area contributed by atoms with Crippen molar-refractivity contribution in [2.24, 2.45) is 0 Å². The molecule has 9 nitrogen and oxygen atoms in total. The zero-order chi connectivity index (χ0) is 21.5. The molecule has 1 atom stereocenters. The summed E-state index contributed by atoms with van der Waals surface area (Å²) in [5.41, 5.74) is 0.499. The lowest BCUT2D eigenvalue weighted by molar-refractivity contribution is -0.124. The van der Waals surface area contributed by atoms with E-state index in [0.29, 0.717) is 22.5 Å². The van der Waals surface area contributed by atoms with E-state index in [9.17, 15) is 24.0 Å². The maximum absolute atomic E-state index is 12.6. The summed E-state index contributed by atoms with van der Waals surface area (Å²) in [6, 6.07) is 12.2. The van der Waals surface area contributed by atoms with Crippen molar-refractivity contribution in [3.05, 3.63) is 59.7 Å². The van der Waals surface area contributed by atoms with Crippen molar-refractivity contribution in [2.75, 3.05) is 10.2 Å². The van der Waals surface area contributed by atoms with Gasteiger partial charge in [-0.05, 0) is 48.9 Å². The van der Waals surface area contributed by atoms with Gasteiger partial charge in [-0.2, -0.15) is 0 Å². The Morgan fingerprint density at radius 3 is 2.27 bits per heavy atom. The first-order chi connectivity index (χ1) is 14.3. The summed E-state index contributed by atoms with van der Waals surface area (Å²) >= 11 is 0. The molecule has 30 heavy (non-hydrogen) atoms. The van der Waals surface area contributed by atoms with Crippen molar-refractivity contribution >= 4 is 41.0 Å². The van der Waals surface area contributed by atoms with E-state index in [2.05, 4.69) is 16.0 Å². The molecule has 2 saturated heterocycles. The van der Waals surface area contributed by atoms with Crippen LogP contribution >= 0.6 is 0 Å². The van der Waals surface area contributed by atoms with Crippen molar-refractivity contribution in [2.45, 2.75) is 25.3 Å². The van der Waals surface area contributed by atoms with Gasteiger partial charge in [0.25, 0.3) is 11.8 Å². The van der Waals surface area contributed by atoms with Crippen LogP contribution in [0, 0.1) is 0 Å². The van der Waals surface area contributed by atoms with Crippen LogP contribution in [0.3, 0.4) is 0 Å². The molecule has 3 N–H and O–H groups in total. The van der Waals surface area contributed by atoms with Crippen LogP contribution in [0.25, 0.3) is 0 Å². The molecule has 0 aromatic heterocycles. The lowest BCUT2D eigenvalue weighted by atomic mass is 9.92. The van der Waals surface area contributed by atoms with Crippen molar-refractivity contribution in [1.82, 2.24) is 10.6 Å². The van der Waals surface area contributed by atoms with Crippen LogP contribution in [0.4, 0.5) is 16.2 Å². The summed E-state index contributed by atoms with van der Waals surface area (Å²) in [4.78, 5) is 61.0. The first kappa shape index (κ1) is 19.3. The van der Waals surface area contributed by atoms with Gasteiger partial charge in [0, 0.05) is 24.1 Å². The Labute approximate surface area is 171 Å². The number of urea groups is 1. The standard InChI is InChI=1S/C21H18N4O5/c1-21(19(29)23-20(30)24-21)13-3-2-4-14(11-13)22-18(28)12-5-7-15(8-6-12)25-16(26)9-10-17(25)27/h2-8,11H,9-10H2,1H3,(H,22,28)(H2,23,24,29,30)/t21-/m0/s1. The third-order valence-corrected chi connectivity index (χ3v) is 5.18. The van der Waals surface area contributed by atoms with E-state index in [4.69, 9.17) is 0 Å². The van der Waals surface area contributed by atoms with Crippen LogP contribution in [-0.2, 0) is 19.9 Å². The lowest BCUT2D eigenvalue weighted by Gasteiger charge is -2.21. The number of rotatable bonds is 4. The lowest BCUT2D eigenvalue weighted by Crippen LogP contribution is -2.40. The van der Waals surface area contributed by atoms with Crippen LogP contribution in [0.15, 0.2) is 48.5 Å². The van der Waals surface area contributed by atoms with Gasteiger partial charge >= 0.3 is 6.03 Å². The van der Waals surface area contributed by atoms with E-state index in [1.54, 1.807) is 43.3 Å². The zero-order valence-corrected chi connectivity index (χ0v) is 16.0. The molecule has 2 aliphatic rings. The Bertz CT molecular complexity index is 1080. The third-order valence-electron chi connectivity index (χ3n) is 5.18. The summed E-state index contributed by atoms with van der Waals surface area (Å²) in [7, 11) is 0. The first-order valence-corrected chi connectivity index (χ1v) is 9.29. The van der Waals surface area contributed by atoms with Crippen molar-refractivity contribution in [3.63, 3.8) is 0 Å². The molecule has 2 heterocycles. The molecule has 0 radical (unpaired) electrons. The second-order valence-electron chi connectivity index (χ2n) is 7.24. The summed E-state index contributed by atoms with van der Waals surface area (Å²) in [6.45, 7) is 1.58. The fraction of sp³-hybridized carbons (Fsp3) is 0.190. The molecule has 0 bridgehead atoms. The molecule has 152 valence electrons. The molecule has 2 fully saturated rings. The molecule has 2 aromatic carbocycles. The van der Waals surface area contributed by atoms with Crippen LogP contribution in [-0.4, -0.2) is 29.7 Å². The smallest absolute Gasteiger partial charge is 0.322 e. The molecule has 6 amide bonds. The SMILES string of the molecule is C[C@@]1(c2cccc(NC(=O)c3ccc(N4C(=O)CCC4=O)cc3)c2)NC(=O)NC1=O. The summed E-state index contributed by atoms with van der Waals surface area (Å²) in [5, 5.41) is 7.52. The fourth-order valence-electron chi connectivity index (χ4n) is 3.48. The predicted molar refractivity (Wildman–Crippen MR) is 107 cm³/mol. The molecule has 0 unspecified atom stereocenters. The van der Waals surface area contributed by atoms with Crippen LogP contribution in [0.2, 0.25) is 0 Å². The van der Waals surface area contributed by atoms with Gasteiger partial charge in [0.15, 0.2) is 0 Å². The molecule has 9 heteroatoms. The van der Waals surface area contributed by atoms with E-state index >= 15 is 0 Å². The highest BCUT2D eigenvalue weighted by Gasteiger charge is 2.43. The molecule has 0 saturated carbocycles. The van der Waals surface area contributed by atoms with Crippen LogP contribution in [0.5, 0.6) is 0 Å². The highest BCUT2D eigenvalue weighted by molar-refractivity contribution is 6.20. The average Bonchev–Trinajstić information content (AvgIpc) is 3.19. The maximum Gasteiger partial charge on any atom is 0.322 e. The number of imide groups is 2. The molecular weight excluding hydrogens is 388 g/mol. The van der Waals surface area contributed by atoms with E-state index in [-0.39, 0.29) is 24.7 Å². The monoisotopic (exact) mass is 406 g/mol. The number of hydrogen-bond acceptors (Lipinski definition) is 5. The number of nitrogens with zero attached hydrogens (tertiary/aromatic N) is 1. The molecular formula is C21H18N4O5. The van der Waals surface area contributed by atoms with Crippen LogP contribution in [0.1, 0.15) is 35.7 Å². The predicted octanol–water partition coefficient (Wildman–Crippen LogP) is 1.65. The minimum atomic E-state index is -1.23. The number of benzene rings is 2. The number of amides is 6. The Morgan fingerprint density at radius 1 is 1.00 bits per heavy atom. The van der Waals surface area contributed by atoms with Gasteiger partial charge < -0.3 is 10.6 Å². The summed E-state index contributed by atoms with van der Waals surface area (Å²) < 4.78 is 0. The van der Waals surface area contributed by atoms with Crippen molar-refractivity contribution in [3.8, 4) is 0 Å². The van der Waals surface area contributed by atoms with Gasteiger partial charge in [-0.25, -0.2) is 4.79 Å². The minimum absolute atomic E-state index is 0.189. The van der Waals surface area contributed by atoms with E-state index in [1.807, 2.05) is 0 Å². The number of nitrogens with one attached hydrogen (secondary N) is 3. The van der Waals surface area contributed by atoms with E-state index < -0.39 is 23.4 Å². The first-order valence-electron chi connectivity index (χ1n) is 9.29. The van der Waals surface area contributed by atoms with Gasteiger partial charge in [-0.3, -0.25) is 29.4 Å². The normalized spacial score (nSPS) is 20.9. The third kappa shape index (κ3) is 3.30. The molecule has 2 aliphatic heterocycles. The summed E-state index contributed by atoms with van der Waals surface area (Å²) in [6.07, 6.45) is 0.379. The van der Waals surface area contributed by atoms with Gasteiger partial charge in [0.05, 0.1) is 5.69 Å². The number of hydrogen-bond donors (Lipinski definition) is 3.